The fraction of sp³-hybridized carbons (Fsp3) is 0.667. The predicted molar refractivity (Wildman–Crippen MR) is 93.3 cm³/mol. The monoisotopic (exact) mass is 333 g/mol. The Kier molecular flexibility index (Phi) is 6.04. The lowest BCUT2D eigenvalue weighted by atomic mass is 10.1. The quantitative estimate of drug-likeness (QED) is 0.867. The van der Waals surface area contributed by atoms with Crippen molar-refractivity contribution in [1.29, 1.82) is 0 Å². The van der Waals surface area contributed by atoms with Gasteiger partial charge in [0.05, 0.1) is 18.4 Å². The maximum absolute atomic E-state index is 12.4. The average molecular weight is 333 g/mol. The van der Waals surface area contributed by atoms with Crippen molar-refractivity contribution in [2.75, 3.05) is 36.5 Å². The number of ether oxygens (including phenoxy) is 2. The molecule has 2 aliphatic heterocycles. The molecule has 3 rings (SSSR count). The van der Waals surface area contributed by atoms with E-state index in [-0.39, 0.29) is 12.0 Å². The fourth-order valence-electron chi connectivity index (χ4n) is 3.18. The van der Waals surface area contributed by atoms with Gasteiger partial charge in [-0.05, 0) is 51.2 Å². The van der Waals surface area contributed by atoms with Gasteiger partial charge in [0.15, 0.2) is 5.82 Å². The molecule has 2 aliphatic rings. The van der Waals surface area contributed by atoms with Crippen LogP contribution in [-0.2, 0) is 14.3 Å². The lowest BCUT2D eigenvalue weighted by Gasteiger charge is -2.24. The second kappa shape index (κ2) is 8.44. The third kappa shape index (κ3) is 4.45. The van der Waals surface area contributed by atoms with Crippen LogP contribution in [0.15, 0.2) is 18.3 Å². The van der Waals surface area contributed by atoms with Crippen LogP contribution in [0.2, 0.25) is 0 Å². The normalized spacial score (nSPS) is 22.4. The van der Waals surface area contributed by atoms with Gasteiger partial charge >= 0.3 is 0 Å². The Bertz CT molecular complexity index is 540. The summed E-state index contributed by atoms with van der Waals surface area (Å²) in [7, 11) is 0. The second-order valence-corrected chi connectivity index (χ2v) is 6.52. The van der Waals surface area contributed by atoms with Crippen LogP contribution in [-0.4, -0.2) is 49.4 Å². The molecule has 1 amide bonds. The van der Waals surface area contributed by atoms with E-state index in [9.17, 15) is 4.79 Å². The zero-order valence-electron chi connectivity index (χ0n) is 14.4. The number of carbonyl (C=O) groups is 1. The van der Waals surface area contributed by atoms with Gasteiger partial charge in [-0.3, -0.25) is 4.79 Å². The highest BCUT2D eigenvalue weighted by atomic mass is 16.5. The van der Waals surface area contributed by atoms with Gasteiger partial charge in [-0.1, -0.05) is 0 Å². The van der Waals surface area contributed by atoms with Crippen LogP contribution in [0.4, 0.5) is 11.5 Å². The predicted octanol–water partition coefficient (Wildman–Crippen LogP) is 2.59. The van der Waals surface area contributed by atoms with Gasteiger partial charge in [-0.25, -0.2) is 4.98 Å². The van der Waals surface area contributed by atoms with E-state index in [1.165, 1.54) is 19.3 Å². The first-order valence-electron chi connectivity index (χ1n) is 8.98. The molecule has 0 unspecified atom stereocenters. The van der Waals surface area contributed by atoms with Gasteiger partial charge in [0, 0.05) is 25.9 Å². The number of rotatable bonds is 6. The van der Waals surface area contributed by atoms with E-state index in [0.29, 0.717) is 6.61 Å². The van der Waals surface area contributed by atoms with E-state index < -0.39 is 6.10 Å². The molecule has 1 aromatic rings. The number of pyridine rings is 1. The zero-order valence-corrected chi connectivity index (χ0v) is 14.4. The van der Waals surface area contributed by atoms with Crippen LogP contribution < -0.4 is 10.2 Å². The van der Waals surface area contributed by atoms with E-state index in [1.54, 1.807) is 13.1 Å². The number of amides is 1. The van der Waals surface area contributed by atoms with Crippen molar-refractivity contribution in [3.05, 3.63) is 18.3 Å². The van der Waals surface area contributed by atoms with E-state index in [1.807, 2.05) is 12.1 Å². The highest BCUT2D eigenvalue weighted by molar-refractivity contribution is 5.96. The molecule has 6 heteroatoms. The third-order valence-corrected chi connectivity index (χ3v) is 4.63. The van der Waals surface area contributed by atoms with E-state index >= 15 is 0 Å². The zero-order chi connectivity index (χ0) is 16.8. The third-order valence-electron chi connectivity index (χ3n) is 4.63. The Morgan fingerprint density at radius 1 is 1.42 bits per heavy atom. The fourth-order valence-corrected chi connectivity index (χ4v) is 3.18. The molecule has 2 fully saturated rings. The molecule has 1 N–H and O–H groups in total. The maximum atomic E-state index is 12.4. The van der Waals surface area contributed by atoms with Crippen LogP contribution in [0.3, 0.4) is 0 Å². The molecule has 24 heavy (non-hydrogen) atoms. The van der Waals surface area contributed by atoms with Gasteiger partial charge in [-0.15, -0.1) is 0 Å². The summed E-state index contributed by atoms with van der Waals surface area (Å²) in [5.41, 5.74) is 0.758. The second-order valence-electron chi connectivity index (χ2n) is 6.52. The Balaban J connectivity index is 1.54. The molecule has 6 nitrogen and oxygen atoms in total. The lowest BCUT2D eigenvalue weighted by Crippen LogP contribution is -2.33. The summed E-state index contributed by atoms with van der Waals surface area (Å²) in [6, 6.07) is 3.74. The molecule has 0 radical (unpaired) electrons. The number of carbonyl (C=O) groups excluding carboxylic acids is 1. The minimum Gasteiger partial charge on any atom is -0.376 e. The Morgan fingerprint density at radius 3 is 3.00 bits per heavy atom. The summed E-state index contributed by atoms with van der Waals surface area (Å²) in [4.78, 5) is 19.1. The number of anilines is 2. The minimum atomic E-state index is -0.512. The van der Waals surface area contributed by atoms with E-state index in [4.69, 9.17) is 9.47 Å². The number of hydrogen-bond acceptors (Lipinski definition) is 5. The van der Waals surface area contributed by atoms with Gasteiger partial charge in [-0.2, -0.15) is 0 Å². The number of aromatic nitrogens is 1. The minimum absolute atomic E-state index is 0.118. The van der Waals surface area contributed by atoms with Gasteiger partial charge in [0.2, 0.25) is 0 Å². The first-order valence-corrected chi connectivity index (χ1v) is 8.98. The molecule has 1 aromatic heterocycles. The number of nitrogens with one attached hydrogen (secondary N) is 1. The van der Waals surface area contributed by atoms with Crippen molar-refractivity contribution in [3.63, 3.8) is 0 Å². The SMILES string of the molecule is C[C@@H](OC[C@@H]1CCCCO1)C(=O)Nc1cccnc1N1CCCC1. The maximum Gasteiger partial charge on any atom is 0.253 e. The molecule has 0 aliphatic carbocycles. The summed E-state index contributed by atoms with van der Waals surface area (Å²) in [5, 5.41) is 2.97. The molecule has 3 heterocycles. The summed E-state index contributed by atoms with van der Waals surface area (Å²) < 4.78 is 11.3. The molecular weight excluding hydrogens is 306 g/mol. The molecule has 0 bridgehead atoms. The molecule has 2 saturated heterocycles. The van der Waals surface area contributed by atoms with Crippen LogP contribution in [0, 0.1) is 0 Å². The van der Waals surface area contributed by atoms with Crippen LogP contribution >= 0.6 is 0 Å². The van der Waals surface area contributed by atoms with Crippen LogP contribution in [0.25, 0.3) is 0 Å². The Morgan fingerprint density at radius 2 is 2.25 bits per heavy atom. The lowest BCUT2D eigenvalue weighted by molar-refractivity contribution is -0.130. The number of nitrogens with zero attached hydrogens (tertiary/aromatic N) is 2. The van der Waals surface area contributed by atoms with Crippen molar-refractivity contribution in [2.24, 2.45) is 0 Å². The van der Waals surface area contributed by atoms with Crippen molar-refractivity contribution >= 4 is 17.4 Å². The summed E-state index contributed by atoms with van der Waals surface area (Å²) >= 11 is 0. The molecule has 0 saturated carbocycles. The topological polar surface area (TPSA) is 63.7 Å². The van der Waals surface area contributed by atoms with Crippen molar-refractivity contribution in [1.82, 2.24) is 4.98 Å². The summed E-state index contributed by atoms with van der Waals surface area (Å²) in [6.07, 6.45) is 7.01. The summed E-state index contributed by atoms with van der Waals surface area (Å²) in [5.74, 6) is 0.713. The Hall–Kier alpha value is -1.66. The largest absolute Gasteiger partial charge is 0.376 e. The van der Waals surface area contributed by atoms with Crippen molar-refractivity contribution in [3.8, 4) is 0 Å². The molecule has 0 aromatic carbocycles. The van der Waals surface area contributed by atoms with Gasteiger partial charge in [0.1, 0.15) is 6.10 Å². The van der Waals surface area contributed by atoms with Crippen LogP contribution in [0.1, 0.15) is 39.0 Å². The highest BCUT2D eigenvalue weighted by Gasteiger charge is 2.22. The van der Waals surface area contributed by atoms with E-state index in [2.05, 4.69) is 15.2 Å². The summed E-state index contributed by atoms with van der Waals surface area (Å²) in [6.45, 7) is 5.03. The van der Waals surface area contributed by atoms with Crippen molar-refractivity contribution in [2.45, 2.75) is 51.2 Å². The first-order chi connectivity index (χ1) is 11.7. The van der Waals surface area contributed by atoms with Gasteiger partial charge < -0.3 is 19.7 Å². The number of hydrogen-bond donors (Lipinski definition) is 1. The van der Waals surface area contributed by atoms with Crippen molar-refractivity contribution < 1.29 is 14.3 Å². The average Bonchev–Trinajstić information content (AvgIpc) is 3.15. The van der Waals surface area contributed by atoms with E-state index in [0.717, 1.165) is 44.0 Å². The standard InChI is InChI=1S/C18H27N3O3/c1-14(24-13-15-7-2-5-12-23-15)18(22)20-16-8-6-9-19-17(16)21-10-3-4-11-21/h6,8-9,14-15H,2-5,7,10-13H2,1H3,(H,20,22)/t14-,15+/m1/s1. The molecule has 2 atom stereocenters. The smallest absolute Gasteiger partial charge is 0.253 e. The van der Waals surface area contributed by atoms with Gasteiger partial charge in [0.25, 0.3) is 5.91 Å². The molecule has 0 spiro atoms. The Labute approximate surface area is 143 Å². The van der Waals surface area contributed by atoms with Crippen LogP contribution in [0.5, 0.6) is 0 Å². The molecular formula is C18H27N3O3. The highest BCUT2D eigenvalue weighted by Crippen LogP contribution is 2.26. The first kappa shape index (κ1) is 17.2. The molecule has 132 valence electrons.